The highest BCUT2D eigenvalue weighted by molar-refractivity contribution is 5.97. The van der Waals surface area contributed by atoms with Crippen LogP contribution in [-0.4, -0.2) is 27.9 Å². The van der Waals surface area contributed by atoms with Gasteiger partial charge in [0.2, 0.25) is 5.78 Å². The van der Waals surface area contributed by atoms with Gasteiger partial charge in [0.15, 0.2) is 5.82 Å². The molecule has 1 fully saturated rings. The highest BCUT2D eigenvalue weighted by Gasteiger charge is 2.25. The summed E-state index contributed by atoms with van der Waals surface area (Å²) in [6, 6.07) is -0.148. The molecular weight excluding hydrogens is 178 g/mol. The predicted molar refractivity (Wildman–Crippen MR) is 52.2 cm³/mol. The van der Waals surface area contributed by atoms with Gasteiger partial charge < -0.3 is 4.57 Å². The third kappa shape index (κ3) is 1.70. The lowest BCUT2D eigenvalue weighted by Gasteiger charge is -2.19. The van der Waals surface area contributed by atoms with E-state index in [1.54, 1.807) is 17.0 Å². The first kappa shape index (κ1) is 9.40. The molecule has 14 heavy (non-hydrogen) atoms. The maximum Gasteiger partial charge on any atom is 0.216 e. The molecule has 4 nitrogen and oxygen atoms in total. The van der Waals surface area contributed by atoms with Crippen molar-refractivity contribution in [3.8, 4) is 0 Å². The Morgan fingerprint density at radius 1 is 1.57 bits per heavy atom. The van der Waals surface area contributed by atoms with E-state index in [1.165, 1.54) is 0 Å². The fourth-order valence-corrected chi connectivity index (χ4v) is 1.75. The van der Waals surface area contributed by atoms with Gasteiger partial charge in [0.1, 0.15) is 0 Å². The second-order valence-corrected chi connectivity index (χ2v) is 3.64. The number of nitrogens with zero attached hydrogens (tertiary/aromatic N) is 3. The Bertz CT molecular complexity index is 326. The van der Waals surface area contributed by atoms with E-state index >= 15 is 0 Å². The molecule has 1 saturated heterocycles. The minimum absolute atomic E-state index is 0.0669. The summed E-state index contributed by atoms with van der Waals surface area (Å²) in [4.78, 5) is 15.9. The fourth-order valence-electron chi connectivity index (χ4n) is 1.75. The summed E-state index contributed by atoms with van der Waals surface area (Å²) >= 11 is 0. The van der Waals surface area contributed by atoms with E-state index in [2.05, 4.69) is 10.3 Å². The Balaban J connectivity index is 2.11. The van der Waals surface area contributed by atoms with E-state index in [9.17, 15) is 4.79 Å². The van der Waals surface area contributed by atoms with E-state index in [4.69, 9.17) is 0 Å². The zero-order valence-corrected chi connectivity index (χ0v) is 8.31. The zero-order chi connectivity index (χ0) is 9.97. The highest BCUT2D eigenvalue weighted by atomic mass is 16.1. The summed E-state index contributed by atoms with van der Waals surface area (Å²) in [6.45, 7) is 0.820. The quantitative estimate of drug-likeness (QED) is 0.649. The smallest absolute Gasteiger partial charge is 0.216 e. The number of carbonyl (C=O) groups is 1. The summed E-state index contributed by atoms with van der Waals surface area (Å²) in [5.41, 5.74) is 0. The molecule has 1 atom stereocenters. The van der Waals surface area contributed by atoms with Gasteiger partial charge in [0.05, 0.1) is 6.04 Å². The van der Waals surface area contributed by atoms with Gasteiger partial charge in [0.25, 0.3) is 0 Å². The molecule has 0 aromatic carbocycles. The van der Waals surface area contributed by atoms with Crippen LogP contribution in [-0.2, 0) is 7.05 Å². The van der Waals surface area contributed by atoms with E-state index in [-0.39, 0.29) is 11.8 Å². The minimum atomic E-state index is -0.148. The van der Waals surface area contributed by atoms with Gasteiger partial charge >= 0.3 is 0 Å². The molecule has 1 radical (unpaired) electrons. The number of hydrogen-bond donors (Lipinski definition) is 0. The molecule has 1 unspecified atom stereocenters. The Morgan fingerprint density at radius 3 is 3.00 bits per heavy atom. The molecule has 2 rings (SSSR count). The minimum Gasteiger partial charge on any atom is -0.332 e. The average Bonchev–Trinajstić information content (AvgIpc) is 2.65. The van der Waals surface area contributed by atoms with Gasteiger partial charge in [0, 0.05) is 26.0 Å². The number of imidazole rings is 1. The van der Waals surface area contributed by atoms with Crippen molar-refractivity contribution in [2.45, 2.75) is 25.3 Å². The number of carbonyl (C=O) groups excluding carboxylic acids is 1. The number of ketones is 1. The van der Waals surface area contributed by atoms with Crippen LogP contribution in [0.25, 0.3) is 0 Å². The summed E-state index contributed by atoms with van der Waals surface area (Å²) in [6.07, 6.45) is 6.53. The summed E-state index contributed by atoms with van der Waals surface area (Å²) in [5.74, 6) is 0.595. The molecule has 1 aromatic rings. The molecule has 4 heteroatoms. The van der Waals surface area contributed by atoms with Crippen molar-refractivity contribution < 1.29 is 4.79 Å². The third-order valence-electron chi connectivity index (χ3n) is 2.58. The first-order valence-corrected chi connectivity index (χ1v) is 4.97. The number of hydrogen-bond acceptors (Lipinski definition) is 2. The summed E-state index contributed by atoms with van der Waals surface area (Å²) < 4.78 is 1.76. The second-order valence-electron chi connectivity index (χ2n) is 3.64. The number of aromatic nitrogens is 2. The highest BCUT2D eigenvalue weighted by Crippen LogP contribution is 2.12. The van der Waals surface area contributed by atoms with Crippen molar-refractivity contribution in [1.29, 1.82) is 0 Å². The number of piperidine rings is 1. The van der Waals surface area contributed by atoms with Crippen molar-refractivity contribution in [1.82, 2.24) is 14.9 Å². The van der Waals surface area contributed by atoms with E-state index < -0.39 is 0 Å². The van der Waals surface area contributed by atoms with Crippen molar-refractivity contribution in [3.05, 3.63) is 18.2 Å². The molecular formula is C10H14N3O. The van der Waals surface area contributed by atoms with Crippen molar-refractivity contribution in [3.63, 3.8) is 0 Å². The molecule has 1 aliphatic heterocycles. The molecule has 0 aliphatic carbocycles. The molecule has 0 spiro atoms. The van der Waals surface area contributed by atoms with Crippen LogP contribution in [0.15, 0.2) is 12.4 Å². The van der Waals surface area contributed by atoms with Gasteiger partial charge in [-0.2, -0.15) is 0 Å². The topological polar surface area (TPSA) is 49.0 Å². The Morgan fingerprint density at radius 2 is 2.43 bits per heavy atom. The molecule has 0 N–H and O–H groups in total. The molecule has 2 heterocycles. The predicted octanol–water partition coefficient (Wildman–Crippen LogP) is 0.760. The molecule has 75 valence electrons. The molecule has 0 amide bonds. The van der Waals surface area contributed by atoms with Gasteiger partial charge in [-0.25, -0.2) is 10.3 Å². The first-order valence-electron chi connectivity index (χ1n) is 4.97. The third-order valence-corrected chi connectivity index (χ3v) is 2.58. The van der Waals surface area contributed by atoms with Gasteiger partial charge in [-0.3, -0.25) is 4.79 Å². The standard InChI is InChI=1S/C10H14N3O/c1-13-7-6-12-10(13)9(14)8-4-2-3-5-11-8/h6-8H,2-5H2,1H3. The van der Waals surface area contributed by atoms with Crippen LogP contribution < -0.4 is 5.32 Å². The number of Topliss-reactive ketones (excluding diaryl/α,β-unsaturated/α-hetero) is 1. The SMILES string of the molecule is Cn1ccnc1C(=O)C1CCCC[N]1. The van der Waals surface area contributed by atoms with Crippen LogP contribution in [0.1, 0.15) is 29.9 Å². The fraction of sp³-hybridized carbons (Fsp3) is 0.600. The number of aryl methyl sites for hydroxylation is 1. The second kappa shape index (κ2) is 3.92. The van der Waals surface area contributed by atoms with Crippen LogP contribution in [0.5, 0.6) is 0 Å². The molecule has 1 aromatic heterocycles. The molecule has 0 saturated carbocycles. The molecule has 1 aliphatic rings. The van der Waals surface area contributed by atoms with E-state index in [0.717, 1.165) is 25.8 Å². The maximum absolute atomic E-state index is 11.9. The van der Waals surface area contributed by atoms with Gasteiger partial charge in [-0.1, -0.05) is 6.42 Å². The van der Waals surface area contributed by atoms with E-state index in [1.807, 2.05) is 7.05 Å². The largest absolute Gasteiger partial charge is 0.332 e. The van der Waals surface area contributed by atoms with E-state index in [0.29, 0.717) is 5.82 Å². The lowest BCUT2D eigenvalue weighted by Crippen LogP contribution is -2.36. The van der Waals surface area contributed by atoms with Crippen LogP contribution in [0, 0.1) is 0 Å². The Hall–Kier alpha value is -1.16. The average molecular weight is 192 g/mol. The lowest BCUT2D eigenvalue weighted by molar-refractivity contribution is 0.0911. The number of rotatable bonds is 2. The normalized spacial score (nSPS) is 22.2. The van der Waals surface area contributed by atoms with Crippen LogP contribution in [0.3, 0.4) is 0 Å². The van der Waals surface area contributed by atoms with Gasteiger partial charge in [-0.05, 0) is 12.8 Å². The van der Waals surface area contributed by atoms with Crippen molar-refractivity contribution in [2.75, 3.05) is 6.54 Å². The van der Waals surface area contributed by atoms with Crippen molar-refractivity contribution >= 4 is 5.78 Å². The van der Waals surface area contributed by atoms with Crippen LogP contribution in [0.4, 0.5) is 0 Å². The van der Waals surface area contributed by atoms with Gasteiger partial charge in [-0.15, -0.1) is 0 Å². The monoisotopic (exact) mass is 192 g/mol. The maximum atomic E-state index is 11.9. The van der Waals surface area contributed by atoms with Crippen LogP contribution >= 0.6 is 0 Å². The summed E-state index contributed by atoms with van der Waals surface area (Å²) in [7, 11) is 1.84. The van der Waals surface area contributed by atoms with Crippen LogP contribution in [0.2, 0.25) is 0 Å². The Labute approximate surface area is 83.3 Å². The first-order chi connectivity index (χ1) is 6.79. The summed E-state index contributed by atoms with van der Waals surface area (Å²) in [5, 5.41) is 4.32. The molecule has 0 bridgehead atoms. The lowest BCUT2D eigenvalue weighted by atomic mass is 10.0. The Kier molecular flexibility index (Phi) is 2.63. The zero-order valence-electron chi connectivity index (χ0n) is 8.31. The van der Waals surface area contributed by atoms with Crippen molar-refractivity contribution in [2.24, 2.45) is 7.05 Å².